The zero-order valence-electron chi connectivity index (χ0n) is 9.12. The van der Waals surface area contributed by atoms with Crippen LogP contribution in [0.25, 0.3) is 0 Å². The largest absolute Gasteiger partial charge is 0.393 e. The van der Waals surface area contributed by atoms with Crippen molar-refractivity contribution in [2.45, 2.75) is 43.1 Å². The lowest BCUT2D eigenvalue weighted by molar-refractivity contribution is -0.219. The molecule has 6 heteroatoms. The molecule has 0 spiro atoms. The number of fused-ring (bicyclic) bond motifs is 1. The monoisotopic (exact) mass is 253 g/mol. The van der Waals surface area contributed by atoms with Crippen LogP contribution in [-0.2, 0) is 0 Å². The van der Waals surface area contributed by atoms with E-state index in [-0.39, 0.29) is 18.4 Å². The molecule has 0 aromatic rings. The summed E-state index contributed by atoms with van der Waals surface area (Å²) in [4.78, 5) is 1.97. The third kappa shape index (κ3) is 2.08. The average molecular weight is 254 g/mol. The third-order valence-electron chi connectivity index (χ3n) is 3.74. The number of halogens is 1. The van der Waals surface area contributed by atoms with E-state index in [0.29, 0.717) is 6.54 Å². The molecular weight excluding hydrogens is 234 g/mol. The Morgan fingerprint density at radius 1 is 1.25 bits per heavy atom. The van der Waals surface area contributed by atoms with Crippen LogP contribution < -0.4 is 0 Å². The van der Waals surface area contributed by atoms with E-state index >= 15 is 0 Å². The molecule has 0 saturated carbocycles. The summed E-state index contributed by atoms with van der Waals surface area (Å²) >= 11 is 0. The third-order valence-corrected chi connectivity index (χ3v) is 3.74. The Hall–Kier alpha value is 0.0900. The molecule has 16 heavy (non-hydrogen) atoms. The van der Waals surface area contributed by atoms with Crippen LogP contribution in [0.4, 0.5) is 0 Å². The van der Waals surface area contributed by atoms with E-state index in [2.05, 4.69) is 0 Å². The zero-order valence-corrected chi connectivity index (χ0v) is 9.94. The van der Waals surface area contributed by atoms with Gasteiger partial charge in [-0.15, -0.1) is 12.4 Å². The van der Waals surface area contributed by atoms with Gasteiger partial charge in [-0.25, -0.2) is 0 Å². The highest BCUT2D eigenvalue weighted by Crippen LogP contribution is 2.34. The van der Waals surface area contributed by atoms with Crippen molar-refractivity contribution in [2.75, 3.05) is 19.7 Å². The Balaban J connectivity index is 0.00000128. The van der Waals surface area contributed by atoms with Crippen LogP contribution in [0.15, 0.2) is 0 Å². The molecule has 0 aromatic heterocycles. The minimum Gasteiger partial charge on any atom is -0.393 e. The van der Waals surface area contributed by atoms with E-state index in [1.165, 1.54) is 0 Å². The molecular formula is C10H20ClNO4. The fourth-order valence-corrected chi connectivity index (χ4v) is 2.84. The number of aliphatic hydroxyl groups excluding tert-OH is 3. The lowest BCUT2D eigenvalue weighted by Crippen LogP contribution is -2.71. The van der Waals surface area contributed by atoms with Crippen molar-refractivity contribution >= 4 is 12.4 Å². The summed E-state index contributed by atoms with van der Waals surface area (Å²) in [5.41, 5.74) is -1.57. The van der Waals surface area contributed by atoms with Crippen molar-refractivity contribution in [3.8, 4) is 0 Å². The highest BCUT2D eigenvalue weighted by atomic mass is 35.5. The average Bonchev–Trinajstić information content (AvgIpc) is 2.26. The number of nitrogens with zero attached hydrogens (tertiary/aromatic N) is 1. The van der Waals surface area contributed by atoms with Crippen molar-refractivity contribution in [2.24, 2.45) is 0 Å². The van der Waals surface area contributed by atoms with E-state index in [1.807, 2.05) is 4.90 Å². The second-order valence-corrected chi connectivity index (χ2v) is 4.67. The van der Waals surface area contributed by atoms with Crippen molar-refractivity contribution in [1.82, 2.24) is 4.90 Å². The molecule has 0 aliphatic carbocycles. The molecule has 96 valence electrons. The number of aliphatic hydroxyl groups is 4. The highest BCUT2D eigenvalue weighted by molar-refractivity contribution is 5.85. The van der Waals surface area contributed by atoms with Crippen molar-refractivity contribution in [3.05, 3.63) is 0 Å². The first kappa shape index (κ1) is 14.2. The Morgan fingerprint density at radius 2 is 1.94 bits per heavy atom. The van der Waals surface area contributed by atoms with Crippen LogP contribution in [0.1, 0.15) is 19.3 Å². The summed E-state index contributed by atoms with van der Waals surface area (Å²) in [6, 6.07) is -0.227. The van der Waals surface area contributed by atoms with E-state index < -0.39 is 24.4 Å². The predicted molar refractivity (Wildman–Crippen MR) is 60.5 cm³/mol. The maximum Gasteiger partial charge on any atom is 0.131 e. The molecule has 0 unspecified atom stereocenters. The van der Waals surface area contributed by atoms with Gasteiger partial charge in [-0.2, -0.15) is 0 Å². The second-order valence-electron chi connectivity index (χ2n) is 4.67. The summed E-state index contributed by atoms with van der Waals surface area (Å²) in [5.74, 6) is 0. The van der Waals surface area contributed by atoms with Crippen LogP contribution in [0.2, 0.25) is 0 Å². The van der Waals surface area contributed by atoms with Crippen LogP contribution in [0.3, 0.4) is 0 Å². The van der Waals surface area contributed by atoms with Gasteiger partial charge in [0.1, 0.15) is 11.7 Å². The molecule has 2 aliphatic rings. The van der Waals surface area contributed by atoms with E-state index in [1.54, 1.807) is 0 Å². The van der Waals surface area contributed by atoms with Gasteiger partial charge in [0.25, 0.3) is 0 Å². The SMILES string of the molecule is Cl.OC[C@]1(O)[C@@H]2CCCCN2C[C@@H](O)[C@@H]1O. The molecule has 0 aromatic carbocycles. The molecule has 4 atom stereocenters. The quantitative estimate of drug-likeness (QED) is 0.468. The molecule has 2 saturated heterocycles. The Morgan fingerprint density at radius 3 is 2.56 bits per heavy atom. The van der Waals surface area contributed by atoms with Crippen LogP contribution >= 0.6 is 12.4 Å². The zero-order chi connectivity index (χ0) is 11.1. The van der Waals surface area contributed by atoms with Crippen LogP contribution in [0, 0.1) is 0 Å². The van der Waals surface area contributed by atoms with Crippen LogP contribution in [-0.4, -0.2) is 68.9 Å². The normalized spacial score (nSPS) is 44.6. The lowest BCUT2D eigenvalue weighted by atomic mass is 9.77. The Bertz CT molecular complexity index is 243. The molecule has 4 N–H and O–H groups in total. The van der Waals surface area contributed by atoms with Gasteiger partial charge in [-0.3, -0.25) is 4.90 Å². The number of piperidine rings is 2. The second kappa shape index (κ2) is 5.16. The molecule has 2 aliphatic heterocycles. The minimum atomic E-state index is -1.57. The lowest BCUT2D eigenvalue weighted by Gasteiger charge is -2.52. The number of rotatable bonds is 1. The molecule has 2 heterocycles. The van der Waals surface area contributed by atoms with Crippen molar-refractivity contribution in [3.63, 3.8) is 0 Å². The first-order valence-electron chi connectivity index (χ1n) is 5.53. The molecule has 2 fully saturated rings. The van der Waals surface area contributed by atoms with Gasteiger partial charge in [-0.05, 0) is 19.4 Å². The highest BCUT2D eigenvalue weighted by Gasteiger charge is 2.53. The van der Waals surface area contributed by atoms with Gasteiger partial charge in [0.15, 0.2) is 0 Å². The first-order chi connectivity index (χ1) is 7.09. The standard InChI is InChI=1S/C10H19NO4.ClH/c12-6-10(15)8-3-1-2-4-11(8)5-7(13)9(10)14;/h7-9,12-15H,1-6H2;1H/t7-,8+,9+,10+;/m1./s1. The van der Waals surface area contributed by atoms with Gasteiger partial charge in [0, 0.05) is 12.6 Å². The fraction of sp³-hybridized carbons (Fsp3) is 1.00. The first-order valence-corrected chi connectivity index (χ1v) is 5.53. The maximum absolute atomic E-state index is 10.2. The minimum absolute atomic E-state index is 0. The van der Waals surface area contributed by atoms with E-state index in [9.17, 15) is 20.4 Å². The fourth-order valence-electron chi connectivity index (χ4n) is 2.84. The topological polar surface area (TPSA) is 84.2 Å². The van der Waals surface area contributed by atoms with Gasteiger partial charge in [0.2, 0.25) is 0 Å². The summed E-state index contributed by atoms with van der Waals surface area (Å²) < 4.78 is 0. The van der Waals surface area contributed by atoms with Crippen molar-refractivity contribution < 1.29 is 20.4 Å². The molecule has 0 radical (unpaired) electrons. The number of hydrogen-bond acceptors (Lipinski definition) is 5. The smallest absolute Gasteiger partial charge is 0.131 e. The van der Waals surface area contributed by atoms with E-state index in [0.717, 1.165) is 25.8 Å². The molecule has 5 nitrogen and oxygen atoms in total. The van der Waals surface area contributed by atoms with Gasteiger partial charge in [0.05, 0.1) is 12.7 Å². The molecule has 0 bridgehead atoms. The summed E-state index contributed by atoms with van der Waals surface area (Å²) in [5, 5.41) is 38.8. The van der Waals surface area contributed by atoms with Crippen molar-refractivity contribution in [1.29, 1.82) is 0 Å². The summed E-state index contributed by atoms with van der Waals surface area (Å²) in [7, 11) is 0. The maximum atomic E-state index is 10.2. The predicted octanol–water partition coefficient (Wildman–Crippen LogP) is -1.28. The number of hydrogen-bond donors (Lipinski definition) is 4. The molecule has 2 rings (SSSR count). The van der Waals surface area contributed by atoms with Gasteiger partial charge < -0.3 is 20.4 Å². The Labute approximate surface area is 101 Å². The summed E-state index contributed by atoms with van der Waals surface area (Å²) in [6.45, 7) is 0.692. The van der Waals surface area contributed by atoms with Gasteiger partial charge in [-0.1, -0.05) is 6.42 Å². The van der Waals surface area contributed by atoms with E-state index in [4.69, 9.17) is 0 Å². The summed E-state index contributed by atoms with van der Waals surface area (Å²) in [6.07, 6.45) is 0.576. The Kier molecular flexibility index (Phi) is 4.57. The molecule has 0 amide bonds. The van der Waals surface area contributed by atoms with Gasteiger partial charge >= 0.3 is 0 Å². The van der Waals surface area contributed by atoms with Crippen LogP contribution in [0.5, 0.6) is 0 Å².